The SMILES string of the molecule is ClC(Cl)n1cc(-c2ncccn2)cn1. The first-order chi connectivity index (χ1) is 6.77. The van der Waals surface area contributed by atoms with E-state index in [1.54, 1.807) is 30.9 Å². The van der Waals surface area contributed by atoms with Gasteiger partial charge in [-0.2, -0.15) is 5.10 Å². The average Bonchev–Trinajstić information content (AvgIpc) is 2.68. The third-order valence-corrected chi connectivity index (χ3v) is 2.03. The number of nitrogens with zero attached hydrogens (tertiary/aromatic N) is 4. The van der Waals surface area contributed by atoms with E-state index < -0.39 is 4.96 Å². The molecule has 4 nitrogen and oxygen atoms in total. The zero-order chi connectivity index (χ0) is 9.97. The van der Waals surface area contributed by atoms with Gasteiger partial charge in [-0.25, -0.2) is 14.6 Å². The maximum absolute atomic E-state index is 5.63. The third kappa shape index (κ3) is 1.86. The van der Waals surface area contributed by atoms with Crippen LogP contribution in [0.3, 0.4) is 0 Å². The van der Waals surface area contributed by atoms with Crippen molar-refractivity contribution in [3.8, 4) is 11.4 Å². The van der Waals surface area contributed by atoms with Crippen molar-refractivity contribution in [3.63, 3.8) is 0 Å². The van der Waals surface area contributed by atoms with Gasteiger partial charge in [0.1, 0.15) is 0 Å². The molecule has 6 heteroatoms. The fourth-order valence-corrected chi connectivity index (χ4v) is 1.22. The standard InChI is InChI=1S/C8H6Cl2N4/c9-8(10)14-5-6(4-13-14)7-11-2-1-3-12-7/h1-5,8H. The highest BCUT2D eigenvalue weighted by Gasteiger charge is 2.07. The van der Waals surface area contributed by atoms with E-state index in [1.165, 1.54) is 4.68 Å². The second-order valence-electron chi connectivity index (χ2n) is 2.56. The van der Waals surface area contributed by atoms with Gasteiger partial charge in [-0.3, -0.25) is 0 Å². The van der Waals surface area contributed by atoms with Gasteiger partial charge in [0.15, 0.2) is 10.8 Å². The summed E-state index contributed by atoms with van der Waals surface area (Å²) in [5.74, 6) is 0.604. The molecule has 0 spiro atoms. The highest BCUT2D eigenvalue weighted by Crippen LogP contribution is 2.19. The smallest absolute Gasteiger partial charge is 0.198 e. The van der Waals surface area contributed by atoms with E-state index in [1.807, 2.05) is 0 Å². The molecule has 0 aliphatic rings. The first-order valence-electron chi connectivity index (χ1n) is 3.87. The number of rotatable bonds is 2. The fraction of sp³-hybridized carbons (Fsp3) is 0.125. The van der Waals surface area contributed by atoms with Crippen molar-refractivity contribution in [2.24, 2.45) is 0 Å². The number of hydrogen-bond donors (Lipinski definition) is 0. The first kappa shape index (κ1) is 9.43. The Morgan fingerprint density at radius 2 is 1.93 bits per heavy atom. The minimum atomic E-state index is -0.688. The molecule has 2 aromatic rings. The molecule has 14 heavy (non-hydrogen) atoms. The minimum absolute atomic E-state index is 0.604. The largest absolute Gasteiger partial charge is 0.239 e. The molecule has 0 aliphatic carbocycles. The van der Waals surface area contributed by atoms with Crippen LogP contribution in [-0.2, 0) is 0 Å². The van der Waals surface area contributed by atoms with Crippen molar-refractivity contribution in [2.45, 2.75) is 4.96 Å². The van der Waals surface area contributed by atoms with E-state index in [-0.39, 0.29) is 0 Å². The lowest BCUT2D eigenvalue weighted by molar-refractivity contribution is 0.723. The van der Waals surface area contributed by atoms with Crippen molar-refractivity contribution in [1.82, 2.24) is 19.7 Å². The van der Waals surface area contributed by atoms with E-state index in [2.05, 4.69) is 15.1 Å². The Bertz CT molecular complexity index is 412. The number of halogens is 2. The van der Waals surface area contributed by atoms with Gasteiger partial charge in [0.2, 0.25) is 0 Å². The van der Waals surface area contributed by atoms with Crippen molar-refractivity contribution < 1.29 is 0 Å². The van der Waals surface area contributed by atoms with E-state index >= 15 is 0 Å². The molecule has 2 heterocycles. The van der Waals surface area contributed by atoms with Crippen LogP contribution in [-0.4, -0.2) is 19.7 Å². The molecule has 0 aromatic carbocycles. The molecule has 0 bridgehead atoms. The summed E-state index contributed by atoms with van der Waals surface area (Å²) in [7, 11) is 0. The van der Waals surface area contributed by atoms with Crippen LogP contribution in [0.25, 0.3) is 11.4 Å². The Labute approximate surface area is 90.5 Å². The number of alkyl halides is 2. The molecule has 0 unspecified atom stereocenters. The third-order valence-electron chi connectivity index (χ3n) is 1.63. The van der Waals surface area contributed by atoms with Crippen molar-refractivity contribution in [1.29, 1.82) is 0 Å². The topological polar surface area (TPSA) is 43.6 Å². The molecular weight excluding hydrogens is 223 g/mol. The van der Waals surface area contributed by atoms with Crippen LogP contribution < -0.4 is 0 Å². The van der Waals surface area contributed by atoms with E-state index in [0.717, 1.165) is 5.56 Å². The molecule has 0 fully saturated rings. The Balaban J connectivity index is 2.34. The second kappa shape index (κ2) is 3.94. The Kier molecular flexibility index (Phi) is 2.65. The van der Waals surface area contributed by atoms with E-state index in [0.29, 0.717) is 5.82 Å². The average molecular weight is 229 g/mol. The van der Waals surface area contributed by atoms with Crippen LogP contribution in [0.5, 0.6) is 0 Å². The lowest BCUT2D eigenvalue weighted by atomic mass is 10.3. The molecule has 72 valence electrons. The predicted octanol–water partition coefficient (Wildman–Crippen LogP) is 2.27. The van der Waals surface area contributed by atoms with Gasteiger partial charge in [0.05, 0.1) is 11.8 Å². The van der Waals surface area contributed by atoms with Crippen molar-refractivity contribution in [2.75, 3.05) is 0 Å². The van der Waals surface area contributed by atoms with Crippen LogP contribution in [0, 0.1) is 0 Å². The van der Waals surface area contributed by atoms with E-state index in [4.69, 9.17) is 23.2 Å². The number of aromatic nitrogens is 4. The van der Waals surface area contributed by atoms with Gasteiger partial charge in [0, 0.05) is 18.6 Å². The first-order valence-corrected chi connectivity index (χ1v) is 4.74. The van der Waals surface area contributed by atoms with Crippen molar-refractivity contribution >= 4 is 23.2 Å². The van der Waals surface area contributed by atoms with Crippen LogP contribution in [0.1, 0.15) is 4.96 Å². The molecule has 0 amide bonds. The van der Waals surface area contributed by atoms with Crippen LogP contribution in [0.4, 0.5) is 0 Å². The van der Waals surface area contributed by atoms with Gasteiger partial charge in [-0.15, -0.1) is 0 Å². The molecule has 0 saturated carbocycles. The molecule has 2 aromatic heterocycles. The quantitative estimate of drug-likeness (QED) is 0.742. The Morgan fingerprint density at radius 1 is 1.21 bits per heavy atom. The zero-order valence-corrected chi connectivity index (χ0v) is 8.52. The van der Waals surface area contributed by atoms with E-state index in [9.17, 15) is 0 Å². The summed E-state index contributed by atoms with van der Waals surface area (Å²) >= 11 is 11.3. The van der Waals surface area contributed by atoms with Gasteiger partial charge in [-0.05, 0) is 6.07 Å². The molecule has 0 aliphatic heterocycles. The summed E-state index contributed by atoms with van der Waals surface area (Å²) in [5, 5.41) is 3.96. The maximum atomic E-state index is 5.63. The van der Waals surface area contributed by atoms with Gasteiger partial charge >= 0.3 is 0 Å². The molecular formula is C8H6Cl2N4. The van der Waals surface area contributed by atoms with Gasteiger partial charge in [-0.1, -0.05) is 23.2 Å². The molecule has 0 N–H and O–H groups in total. The lowest BCUT2D eigenvalue weighted by Gasteiger charge is -1.98. The highest BCUT2D eigenvalue weighted by atomic mass is 35.5. The Hall–Kier alpha value is -1.13. The molecule has 2 rings (SSSR count). The summed E-state index contributed by atoms with van der Waals surface area (Å²) in [6.45, 7) is 0. The predicted molar refractivity (Wildman–Crippen MR) is 54.0 cm³/mol. The maximum Gasteiger partial charge on any atom is 0.198 e. The molecule has 0 radical (unpaired) electrons. The highest BCUT2D eigenvalue weighted by molar-refractivity contribution is 6.42. The minimum Gasteiger partial charge on any atom is -0.239 e. The Morgan fingerprint density at radius 3 is 2.50 bits per heavy atom. The summed E-state index contributed by atoms with van der Waals surface area (Å²) in [4.78, 5) is 7.45. The summed E-state index contributed by atoms with van der Waals surface area (Å²) in [6.07, 6.45) is 6.64. The van der Waals surface area contributed by atoms with Gasteiger partial charge in [0.25, 0.3) is 0 Å². The lowest BCUT2D eigenvalue weighted by Crippen LogP contribution is -1.94. The second-order valence-corrected chi connectivity index (χ2v) is 3.61. The van der Waals surface area contributed by atoms with Crippen LogP contribution >= 0.6 is 23.2 Å². The molecule has 0 atom stereocenters. The zero-order valence-electron chi connectivity index (χ0n) is 7.01. The molecule has 0 saturated heterocycles. The van der Waals surface area contributed by atoms with Crippen LogP contribution in [0.15, 0.2) is 30.9 Å². The van der Waals surface area contributed by atoms with Gasteiger partial charge < -0.3 is 0 Å². The normalized spacial score (nSPS) is 10.8. The van der Waals surface area contributed by atoms with Crippen molar-refractivity contribution in [3.05, 3.63) is 30.9 Å². The summed E-state index contributed by atoms with van der Waals surface area (Å²) in [6, 6.07) is 1.75. The monoisotopic (exact) mass is 228 g/mol. The number of hydrogen-bond acceptors (Lipinski definition) is 3. The summed E-state index contributed by atoms with van der Waals surface area (Å²) < 4.78 is 1.43. The summed E-state index contributed by atoms with van der Waals surface area (Å²) in [5.41, 5.74) is 0.789. The fourth-order valence-electron chi connectivity index (χ4n) is 1.01. The van der Waals surface area contributed by atoms with Crippen LogP contribution in [0.2, 0.25) is 0 Å².